The summed E-state index contributed by atoms with van der Waals surface area (Å²) in [4.78, 5) is 11.1. The van der Waals surface area contributed by atoms with Crippen molar-refractivity contribution in [3.8, 4) is 5.75 Å². The maximum absolute atomic E-state index is 11.1. The molecule has 0 atom stereocenters. The Morgan fingerprint density at radius 3 is 2.40 bits per heavy atom. The molecule has 82 valence electrons. The Bertz CT molecular complexity index is 380. The molecular formula is C11H16O3Si. The molecule has 0 amide bonds. The second kappa shape index (κ2) is 4.06. The van der Waals surface area contributed by atoms with Gasteiger partial charge in [-0.3, -0.25) is 0 Å². The molecule has 0 aliphatic rings. The lowest BCUT2D eigenvalue weighted by molar-refractivity contribution is 0.0694. The zero-order valence-electron chi connectivity index (χ0n) is 9.50. The number of aromatic carboxylic acids is 1. The smallest absolute Gasteiger partial charge is 0.339 e. The van der Waals surface area contributed by atoms with Crippen LogP contribution in [0.3, 0.4) is 0 Å². The minimum absolute atomic E-state index is 0.278. The molecule has 0 saturated heterocycles. The first-order valence-electron chi connectivity index (χ1n) is 4.83. The second-order valence-electron chi connectivity index (χ2n) is 4.47. The normalized spacial score (nSPS) is 11.2. The summed E-state index contributed by atoms with van der Waals surface area (Å²) in [5.41, 5.74) is 1.01. The molecule has 4 heteroatoms. The number of rotatable bonds is 3. The molecule has 1 aromatic carbocycles. The molecule has 0 spiro atoms. The van der Waals surface area contributed by atoms with Gasteiger partial charge in [-0.1, -0.05) is 12.1 Å². The molecule has 0 saturated carbocycles. The standard InChI is InChI=1S/C11H16O3Si/c1-8-6-5-7-9(10(8)11(12)13)14-15(2,3)4/h5-7H,1-4H3,(H,12,13). The highest BCUT2D eigenvalue weighted by Crippen LogP contribution is 2.24. The van der Waals surface area contributed by atoms with Crippen LogP contribution in [0.5, 0.6) is 5.75 Å². The lowest BCUT2D eigenvalue weighted by Crippen LogP contribution is -2.30. The molecule has 3 nitrogen and oxygen atoms in total. The van der Waals surface area contributed by atoms with Gasteiger partial charge in [-0.05, 0) is 38.2 Å². The van der Waals surface area contributed by atoms with Crippen LogP contribution < -0.4 is 4.43 Å². The quantitative estimate of drug-likeness (QED) is 0.803. The number of aryl methyl sites for hydroxylation is 1. The van der Waals surface area contributed by atoms with E-state index in [1.807, 2.05) is 25.7 Å². The topological polar surface area (TPSA) is 46.5 Å². The maximum atomic E-state index is 11.1. The van der Waals surface area contributed by atoms with Gasteiger partial charge in [0, 0.05) is 0 Å². The Kier molecular flexibility index (Phi) is 3.19. The van der Waals surface area contributed by atoms with E-state index in [2.05, 4.69) is 0 Å². The second-order valence-corrected chi connectivity index (χ2v) is 8.90. The summed E-state index contributed by atoms with van der Waals surface area (Å²) in [6.45, 7) is 7.86. The first-order valence-corrected chi connectivity index (χ1v) is 8.24. The summed E-state index contributed by atoms with van der Waals surface area (Å²) in [6, 6.07) is 5.31. The van der Waals surface area contributed by atoms with Gasteiger partial charge < -0.3 is 9.53 Å². The van der Waals surface area contributed by atoms with E-state index in [1.54, 1.807) is 19.1 Å². The highest BCUT2D eigenvalue weighted by Gasteiger charge is 2.21. The first kappa shape index (κ1) is 11.8. The zero-order chi connectivity index (χ0) is 11.6. The molecule has 15 heavy (non-hydrogen) atoms. The van der Waals surface area contributed by atoms with Gasteiger partial charge in [0.15, 0.2) is 0 Å². The van der Waals surface area contributed by atoms with Crippen molar-refractivity contribution >= 4 is 14.3 Å². The minimum atomic E-state index is -1.76. The molecule has 0 aromatic heterocycles. The van der Waals surface area contributed by atoms with Crippen LogP contribution in [0.2, 0.25) is 19.6 Å². The third-order valence-corrected chi connectivity index (χ3v) is 2.70. The molecule has 0 bridgehead atoms. The molecule has 0 fully saturated rings. The van der Waals surface area contributed by atoms with Crippen LogP contribution in [0.4, 0.5) is 0 Å². The van der Waals surface area contributed by atoms with Crippen molar-refractivity contribution in [2.45, 2.75) is 26.6 Å². The van der Waals surface area contributed by atoms with Crippen LogP contribution in [-0.2, 0) is 0 Å². The number of hydrogen-bond donors (Lipinski definition) is 1. The van der Waals surface area contributed by atoms with Gasteiger partial charge in [0.25, 0.3) is 0 Å². The highest BCUT2D eigenvalue weighted by atomic mass is 28.4. The van der Waals surface area contributed by atoms with Gasteiger partial charge in [0.05, 0.1) is 0 Å². The molecule has 0 aliphatic carbocycles. The molecule has 0 radical (unpaired) electrons. The predicted octanol–water partition coefficient (Wildman–Crippen LogP) is 2.91. The molecule has 0 aliphatic heterocycles. The van der Waals surface area contributed by atoms with E-state index < -0.39 is 14.3 Å². The van der Waals surface area contributed by atoms with Gasteiger partial charge in [-0.2, -0.15) is 0 Å². The molecule has 1 rings (SSSR count). The Balaban J connectivity index is 3.18. The Morgan fingerprint density at radius 1 is 1.33 bits per heavy atom. The molecule has 1 N–H and O–H groups in total. The van der Waals surface area contributed by atoms with E-state index in [4.69, 9.17) is 9.53 Å². The summed E-state index contributed by atoms with van der Waals surface area (Å²) in [7, 11) is -1.76. The fraction of sp³-hybridized carbons (Fsp3) is 0.364. The monoisotopic (exact) mass is 224 g/mol. The fourth-order valence-electron chi connectivity index (χ4n) is 1.33. The zero-order valence-corrected chi connectivity index (χ0v) is 10.5. The van der Waals surface area contributed by atoms with Gasteiger partial charge in [0.2, 0.25) is 8.32 Å². The lowest BCUT2D eigenvalue weighted by atomic mass is 10.1. The average molecular weight is 224 g/mol. The van der Waals surface area contributed by atoms with Crippen LogP contribution in [0.25, 0.3) is 0 Å². The summed E-state index contributed by atoms with van der Waals surface area (Å²) < 4.78 is 5.73. The molecule has 0 unspecified atom stereocenters. The van der Waals surface area contributed by atoms with E-state index in [0.717, 1.165) is 5.56 Å². The minimum Gasteiger partial charge on any atom is -0.544 e. The number of hydrogen-bond acceptors (Lipinski definition) is 2. The summed E-state index contributed by atoms with van der Waals surface area (Å²) in [5, 5.41) is 9.08. The Hall–Kier alpha value is -1.29. The van der Waals surface area contributed by atoms with E-state index in [-0.39, 0.29) is 5.56 Å². The fourth-order valence-corrected chi connectivity index (χ4v) is 2.16. The number of carboxylic acids is 1. The van der Waals surface area contributed by atoms with Crippen molar-refractivity contribution in [1.82, 2.24) is 0 Å². The van der Waals surface area contributed by atoms with Crippen LogP contribution >= 0.6 is 0 Å². The van der Waals surface area contributed by atoms with Gasteiger partial charge in [-0.25, -0.2) is 4.79 Å². The first-order chi connectivity index (χ1) is 6.81. The van der Waals surface area contributed by atoms with Gasteiger partial charge >= 0.3 is 5.97 Å². The highest BCUT2D eigenvalue weighted by molar-refractivity contribution is 6.70. The number of benzene rings is 1. The van der Waals surface area contributed by atoms with Gasteiger partial charge in [0.1, 0.15) is 11.3 Å². The maximum Gasteiger partial charge on any atom is 0.339 e. The predicted molar refractivity (Wildman–Crippen MR) is 62.1 cm³/mol. The summed E-state index contributed by atoms with van der Waals surface area (Å²) in [6.07, 6.45) is 0. The Labute approximate surface area is 90.8 Å². The third kappa shape index (κ3) is 3.09. The largest absolute Gasteiger partial charge is 0.544 e. The van der Waals surface area contributed by atoms with Crippen molar-refractivity contribution < 1.29 is 14.3 Å². The number of carboxylic acid groups (broad SMARTS) is 1. The van der Waals surface area contributed by atoms with Crippen molar-refractivity contribution in [3.63, 3.8) is 0 Å². The van der Waals surface area contributed by atoms with Crippen LogP contribution in [0, 0.1) is 6.92 Å². The van der Waals surface area contributed by atoms with Crippen LogP contribution in [-0.4, -0.2) is 19.4 Å². The summed E-state index contributed by atoms with van der Waals surface area (Å²) >= 11 is 0. The summed E-state index contributed by atoms with van der Waals surface area (Å²) in [5.74, 6) is -0.442. The van der Waals surface area contributed by atoms with Crippen molar-refractivity contribution in [2.24, 2.45) is 0 Å². The molecular weight excluding hydrogens is 208 g/mol. The van der Waals surface area contributed by atoms with E-state index >= 15 is 0 Å². The molecule has 0 heterocycles. The van der Waals surface area contributed by atoms with E-state index in [9.17, 15) is 4.79 Å². The SMILES string of the molecule is Cc1cccc(O[Si](C)(C)C)c1C(=O)O. The van der Waals surface area contributed by atoms with Crippen LogP contribution in [0.1, 0.15) is 15.9 Å². The third-order valence-electron chi connectivity index (χ3n) is 1.86. The lowest BCUT2D eigenvalue weighted by Gasteiger charge is -2.21. The van der Waals surface area contributed by atoms with Crippen LogP contribution in [0.15, 0.2) is 18.2 Å². The van der Waals surface area contributed by atoms with Crippen molar-refractivity contribution in [1.29, 1.82) is 0 Å². The van der Waals surface area contributed by atoms with E-state index in [0.29, 0.717) is 5.75 Å². The van der Waals surface area contributed by atoms with Crippen molar-refractivity contribution in [2.75, 3.05) is 0 Å². The van der Waals surface area contributed by atoms with E-state index in [1.165, 1.54) is 0 Å². The molecule has 1 aromatic rings. The number of carbonyl (C=O) groups is 1. The average Bonchev–Trinajstić information content (AvgIpc) is 1.99. The van der Waals surface area contributed by atoms with Gasteiger partial charge in [-0.15, -0.1) is 0 Å². The Morgan fingerprint density at radius 2 is 1.93 bits per heavy atom. The van der Waals surface area contributed by atoms with Crippen molar-refractivity contribution in [3.05, 3.63) is 29.3 Å².